The van der Waals surface area contributed by atoms with Gasteiger partial charge >= 0.3 is 0 Å². The molecule has 0 radical (unpaired) electrons. The second kappa shape index (κ2) is 4.79. The lowest BCUT2D eigenvalue weighted by molar-refractivity contribution is -0.124. The zero-order valence-corrected chi connectivity index (χ0v) is 10.1. The van der Waals surface area contributed by atoms with Gasteiger partial charge in [-0.3, -0.25) is 10.1 Å². The molecule has 1 unspecified atom stereocenters. The molecule has 0 saturated carbocycles. The zero-order valence-electron chi connectivity index (χ0n) is 10.1. The van der Waals surface area contributed by atoms with E-state index in [-0.39, 0.29) is 11.6 Å². The van der Waals surface area contributed by atoms with Gasteiger partial charge in [0, 0.05) is 11.6 Å². The standard InChI is InChI=1S/C12H16F2N2O/c1-7(2)16-12(3,11(15)17)8-5-4-6-9(13)10(8)14/h4-7,16H,1-3H3,(H2,15,17). The average Bonchev–Trinajstić information content (AvgIpc) is 2.20. The predicted octanol–water partition coefficient (Wildman–Crippen LogP) is 1.66. The first-order valence-electron chi connectivity index (χ1n) is 5.31. The summed E-state index contributed by atoms with van der Waals surface area (Å²) in [5, 5.41) is 2.86. The van der Waals surface area contributed by atoms with E-state index < -0.39 is 23.1 Å². The number of amides is 1. The van der Waals surface area contributed by atoms with Gasteiger partial charge in [0.05, 0.1) is 0 Å². The maximum atomic E-state index is 13.7. The fourth-order valence-electron chi connectivity index (χ4n) is 1.75. The second-order valence-electron chi connectivity index (χ2n) is 4.39. The lowest BCUT2D eigenvalue weighted by atomic mass is 9.89. The Balaban J connectivity index is 3.32. The van der Waals surface area contributed by atoms with E-state index in [2.05, 4.69) is 5.32 Å². The number of carbonyl (C=O) groups excluding carboxylic acids is 1. The van der Waals surface area contributed by atoms with E-state index >= 15 is 0 Å². The van der Waals surface area contributed by atoms with Gasteiger partial charge in [0.2, 0.25) is 5.91 Å². The molecule has 0 saturated heterocycles. The lowest BCUT2D eigenvalue weighted by Crippen LogP contribution is -2.53. The van der Waals surface area contributed by atoms with Gasteiger partial charge in [0.25, 0.3) is 0 Å². The van der Waals surface area contributed by atoms with Crippen LogP contribution in [0.25, 0.3) is 0 Å². The van der Waals surface area contributed by atoms with Crippen molar-refractivity contribution in [3.63, 3.8) is 0 Å². The van der Waals surface area contributed by atoms with E-state index in [4.69, 9.17) is 5.73 Å². The summed E-state index contributed by atoms with van der Waals surface area (Å²) in [6.45, 7) is 5.02. The molecule has 17 heavy (non-hydrogen) atoms. The highest BCUT2D eigenvalue weighted by Crippen LogP contribution is 2.25. The van der Waals surface area contributed by atoms with Crippen LogP contribution in [0.15, 0.2) is 18.2 Å². The third-order valence-electron chi connectivity index (χ3n) is 2.56. The van der Waals surface area contributed by atoms with E-state index in [1.165, 1.54) is 19.1 Å². The van der Waals surface area contributed by atoms with Crippen molar-refractivity contribution in [1.82, 2.24) is 5.32 Å². The summed E-state index contributed by atoms with van der Waals surface area (Å²) in [6.07, 6.45) is 0. The first kappa shape index (κ1) is 13.6. The largest absolute Gasteiger partial charge is 0.368 e. The molecule has 1 aromatic rings. The van der Waals surface area contributed by atoms with E-state index in [1.807, 2.05) is 0 Å². The molecule has 0 aliphatic heterocycles. The number of primary amides is 1. The molecular formula is C12H16F2N2O. The molecule has 3 nitrogen and oxygen atoms in total. The van der Waals surface area contributed by atoms with Crippen molar-refractivity contribution in [2.75, 3.05) is 0 Å². The van der Waals surface area contributed by atoms with Crippen molar-refractivity contribution >= 4 is 5.91 Å². The summed E-state index contributed by atoms with van der Waals surface area (Å²) in [7, 11) is 0. The number of carbonyl (C=O) groups is 1. The minimum absolute atomic E-state index is 0.0845. The monoisotopic (exact) mass is 242 g/mol. The Bertz CT molecular complexity index is 435. The molecule has 0 aromatic heterocycles. The van der Waals surface area contributed by atoms with Crippen LogP contribution in [0.1, 0.15) is 26.3 Å². The highest BCUT2D eigenvalue weighted by molar-refractivity contribution is 5.85. The maximum Gasteiger partial charge on any atom is 0.242 e. The van der Waals surface area contributed by atoms with E-state index in [9.17, 15) is 13.6 Å². The van der Waals surface area contributed by atoms with Crippen LogP contribution in [0.2, 0.25) is 0 Å². The predicted molar refractivity (Wildman–Crippen MR) is 61.2 cm³/mol. The molecule has 3 N–H and O–H groups in total. The van der Waals surface area contributed by atoms with Gasteiger partial charge in [-0.1, -0.05) is 12.1 Å². The quantitative estimate of drug-likeness (QED) is 0.843. The number of rotatable bonds is 4. The first-order chi connectivity index (χ1) is 7.79. The van der Waals surface area contributed by atoms with E-state index in [0.717, 1.165) is 6.07 Å². The van der Waals surface area contributed by atoms with Crippen LogP contribution in [0.3, 0.4) is 0 Å². The Morgan fingerprint density at radius 2 is 2.00 bits per heavy atom. The topological polar surface area (TPSA) is 55.1 Å². The normalized spacial score (nSPS) is 14.7. The molecule has 0 heterocycles. The number of benzene rings is 1. The van der Waals surface area contributed by atoms with Gasteiger partial charge in [-0.2, -0.15) is 0 Å². The smallest absolute Gasteiger partial charge is 0.242 e. The average molecular weight is 242 g/mol. The Hall–Kier alpha value is -1.49. The lowest BCUT2D eigenvalue weighted by Gasteiger charge is -2.30. The van der Waals surface area contributed by atoms with Crippen molar-refractivity contribution in [1.29, 1.82) is 0 Å². The molecule has 1 atom stereocenters. The number of hydrogen-bond acceptors (Lipinski definition) is 2. The van der Waals surface area contributed by atoms with E-state index in [0.29, 0.717) is 0 Å². The van der Waals surface area contributed by atoms with Crippen molar-refractivity contribution < 1.29 is 13.6 Å². The van der Waals surface area contributed by atoms with Crippen molar-refractivity contribution in [2.24, 2.45) is 5.73 Å². The molecular weight excluding hydrogens is 226 g/mol. The van der Waals surface area contributed by atoms with Gasteiger partial charge in [0.1, 0.15) is 5.54 Å². The third kappa shape index (κ3) is 2.61. The van der Waals surface area contributed by atoms with Crippen molar-refractivity contribution in [2.45, 2.75) is 32.4 Å². The Labute approximate surface area is 99.0 Å². The van der Waals surface area contributed by atoms with Crippen LogP contribution in [-0.4, -0.2) is 11.9 Å². The third-order valence-corrected chi connectivity index (χ3v) is 2.56. The van der Waals surface area contributed by atoms with Crippen LogP contribution in [0.4, 0.5) is 8.78 Å². The van der Waals surface area contributed by atoms with Crippen LogP contribution >= 0.6 is 0 Å². The summed E-state index contributed by atoms with van der Waals surface area (Å²) in [6, 6.07) is 3.58. The number of hydrogen-bond donors (Lipinski definition) is 2. The van der Waals surface area contributed by atoms with Crippen LogP contribution in [0.5, 0.6) is 0 Å². The van der Waals surface area contributed by atoms with Crippen LogP contribution in [-0.2, 0) is 10.3 Å². The summed E-state index contributed by atoms with van der Waals surface area (Å²) in [5.41, 5.74) is 3.76. The number of nitrogens with two attached hydrogens (primary N) is 1. The maximum absolute atomic E-state index is 13.7. The highest BCUT2D eigenvalue weighted by atomic mass is 19.2. The SMILES string of the molecule is CC(C)NC(C)(C(N)=O)c1cccc(F)c1F. The highest BCUT2D eigenvalue weighted by Gasteiger charge is 2.36. The molecule has 0 fully saturated rings. The minimum atomic E-state index is -1.43. The Morgan fingerprint density at radius 1 is 1.41 bits per heavy atom. The van der Waals surface area contributed by atoms with Crippen molar-refractivity contribution in [3.05, 3.63) is 35.4 Å². The fraction of sp³-hybridized carbons (Fsp3) is 0.417. The minimum Gasteiger partial charge on any atom is -0.368 e. The Morgan fingerprint density at radius 3 is 2.47 bits per heavy atom. The summed E-state index contributed by atoms with van der Waals surface area (Å²) in [5.74, 6) is -2.81. The van der Waals surface area contributed by atoms with Crippen molar-refractivity contribution in [3.8, 4) is 0 Å². The van der Waals surface area contributed by atoms with Crippen LogP contribution in [0, 0.1) is 11.6 Å². The van der Waals surface area contributed by atoms with Gasteiger partial charge in [-0.25, -0.2) is 8.78 Å². The molecule has 1 aromatic carbocycles. The molecule has 0 bridgehead atoms. The first-order valence-corrected chi connectivity index (χ1v) is 5.31. The number of nitrogens with one attached hydrogen (secondary N) is 1. The second-order valence-corrected chi connectivity index (χ2v) is 4.39. The molecule has 1 rings (SSSR count). The molecule has 94 valence electrons. The Kier molecular flexibility index (Phi) is 3.83. The van der Waals surface area contributed by atoms with Crippen LogP contribution < -0.4 is 11.1 Å². The molecule has 0 spiro atoms. The van der Waals surface area contributed by atoms with Gasteiger partial charge in [-0.15, -0.1) is 0 Å². The van der Waals surface area contributed by atoms with Gasteiger partial charge < -0.3 is 5.73 Å². The summed E-state index contributed by atoms with van der Waals surface area (Å²) < 4.78 is 26.8. The van der Waals surface area contributed by atoms with Gasteiger partial charge in [-0.05, 0) is 26.8 Å². The fourth-order valence-corrected chi connectivity index (χ4v) is 1.75. The molecule has 0 aliphatic carbocycles. The molecule has 1 amide bonds. The molecule has 5 heteroatoms. The van der Waals surface area contributed by atoms with E-state index in [1.54, 1.807) is 13.8 Å². The summed E-state index contributed by atoms with van der Waals surface area (Å²) in [4.78, 5) is 11.5. The number of halogens is 2. The summed E-state index contributed by atoms with van der Waals surface area (Å²) >= 11 is 0. The molecule has 0 aliphatic rings. The zero-order chi connectivity index (χ0) is 13.2. The van der Waals surface area contributed by atoms with Gasteiger partial charge in [0.15, 0.2) is 11.6 Å².